The zero-order valence-corrected chi connectivity index (χ0v) is 51.0. The molecule has 2 saturated heterocycles. The minimum Gasteiger partial charge on any atom is -0.693 e. The number of nitrogens with zero attached hydrogens (tertiary/aromatic N) is 1. The summed E-state index contributed by atoms with van der Waals surface area (Å²) in [6.45, 7) is 21.0. The number of nitrogens with one attached hydrogen (secondary N) is 1. The van der Waals surface area contributed by atoms with Crippen LogP contribution in [0.4, 0.5) is 4.79 Å². The van der Waals surface area contributed by atoms with E-state index in [1.165, 1.54) is 15.3 Å². The molecule has 0 spiro atoms. The molecule has 16 heteroatoms. The molecule has 0 aliphatic carbocycles. The van der Waals surface area contributed by atoms with E-state index in [1.54, 1.807) is 14.0 Å². The summed E-state index contributed by atoms with van der Waals surface area (Å²) in [4.78, 5) is 41.5. The van der Waals surface area contributed by atoms with Gasteiger partial charge >= 0.3 is 30.9 Å². The molecule has 2 heterocycles. The van der Waals surface area contributed by atoms with Crippen LogP contribution in [0.1, 0.15) is 112 Å². The molecule has 2 aliphatic rings. The van der Waals surface area contributed by atoms with E-state index < -0.39 is 58.2 Å². The average molecular weight is 1110 g/mol. The first kappa shape index (κ1) is 66.9. The molecule has 2 amide bonds. The van der Waals surface area contributed by atoms with Crippen molar-refractivity contribution < 1.29 is 61.8 Å². The monoisotopic (exact) mass is 1110 g/mol. The first-order valence-corrected chi connectivity index (χ1v) is 30.9. The number of rotatable bonds is 18. The van der Waals surface area contributed by atoms with Gasteiger partial charge in [-0.25, -0.2) is 4.79 Å². The van der Waals surface area contributed by atoms with E-state index in [0.717, 1.165) is 15.9 Å². The van der Waals surface area contributed by atoms with Gasteiger partial charge in [-0.2, -0.15) is 0 Å². The van der Waals surface area contributed by atoms with Crippen molar-refractivity contribution in [3.8, 4) is 0 Å². The quantitative estimate of drug-likeness (QED) is 0.0597. The van der Waals surface area contributed by atoms with Crippen LogP contribution in [0.2, 0.25) is 10.1 Å². The second-order valence-electron chi connectivity index (χ2n) is 22.9. The van der Waals surface area contributed by atoms with E-state index in [0.29, 0.717) is 18.4 Å². The Labute approximate surface area is 492 Å². The SMILES string of the molecule is CC[C@@H](O[Si](c1ccccc1)(c1ccccc1)C(C)(C)C)[C@@]1(C)OC(=O)C[C@@H]1CO.CC[C@@H](O[Si](c1ccccc1)(c1ccccc1)C(C)(C)C)[C@@]1(C)OC(=O)N[C@@H]1C(=O)N(C)[C@H](c1ccccc1)[C@H](O)c1ccccc1.[B].[Li+].[NH2-]. The van der Waals surface area contributed by atoms with Crippen molar-refractivity contribution in [2.75, 3.05) is 13.7 Å². The summed E-state index contributed by atoms with van der Waals surface area (Å²) in [5.74, 6) is -0.916. The van der Waals surface area contributed by atoms with Gasteiger partial charge in [-0.3, -0.25) is 9.59 Å². The Kier molecular flexibility index (Phi) is 23.4. The van der Waals surface area contributed by atoms with Gasteiger partial charge in [0.05, 0.1) is 31.3 Å². The Morgan fingerprint density at radius 2 is 0.963 bits per heavy atom. The molecule has 2 aliphatic heterocycles. The van der Waals surface area contributed by atoms with Crippen LogP contribution in [0.25, 0.3) is 6.15 Å². The predicted octanol–water partition coefficient (Wildman–Crippen LogP) is 7.14. The summed E-state index contributed by atoms with van der Waals surface area (Å²) in [5.41, 5.74) is -0.768. The summed E-state index contributed by atoms with van der Waals surface area (Å²) in [7, 11) is -4.20. The van der Waals surface area contributed by atoms with Crippen molar-refractivity contribution in [1.29, 1.82) is 0 Å². The average Bonchev–Trinajstić information content (AvgIpc) is 4.04. The molecule has 6 aromatic carbocycles. The molecule has 2 fully saturated rings. The number of alkyl carbamates (subject to hydrolysis) is 1. The zero-order valence-electron chi connectivity index (χ0n) is 49.0. The fourth-order valence-corrected chi connectivity index (χ4v) is 21.6. The minimum atomic E-state index is -3.08. The van der Waals surface area contributed by atoms with Gasteiger partial charge in [0.1, 0.15) is 11.7 Å². The van der Waals surface area contributed by atoms with Crippen molar-refractivity contribution in [3.63, 3.8) is 0 Å². The maximum absolute atomic E-state index is 14.7. The molecule has 3 radical (unpaired) electrons. The van der Waals surface area contributed by atoms with Crippen LogP contribution in [0.15, 0.2) is 182 Å². The predicted molar refractivity (Wildman–Crippen MR) is 321 cm³/mol. The first-order valence-electron chi connectivity index (χ1n) is 27.1. The fourth-order valence-electron chi connectivity index (χ4n) is 11.9. The molecule has 0 bridgehead atoms. The summed E-state index contributed by atoms with van der Waals surface area (Å²) >= 11 is 0. The number of hydrogen-bond donors (Lipinski definition) is 3. The third-order valence-corrected chi connectivity index (χ3v) is 26.1. The minimum absolute atomic E-state index is 0. The number of carbonyl (C=O) groups excluding carboxylic acids is 3. The second kappa shape index (κ2) is 27.9. The van der Waals surface area contributed by atoms with Gasteiger partial charge in [-0.15, -0.1) is 0 Å². The molecular formula is C64H82BLiN3O9Si2. The van der Waals surface area contributed by atoms with Crippen LogP contribution in [0, 0.1) is 5.92 Å². The van der Waals surface area contributed by atoms with Crippen molar-refractivity contribution in [2.45, 2.75) is 140 Å². The molecule has 6 aromatic rings. The summed E-state index contributed by atoms with van der Waals surface area (Å²) in [5, 5.41) is 28.6. The summed E-state index contributed by atoms with van der Waals surface area (Å²) < 4.78 is 26.6. The number of esters is 1. The van der Waals surface area contributed by atoms with Crippen LogP contribution in [0.5, 0.6) is 0 Å². The van der Waals surface area contributed by atoms with E-state index in [2.05, 4.69) is 127 Å². The Balaban J connectivity index is 0.000000363. The topological polar surface area (TPSA) is 177 Å². The van der Waals surface area contributed by atoms with Gasteiger partial charge in [0.25, 0.3) is 16.6 Å². The molecule has 0 saturated carbocycles. The summed E-state index contributed by atoms with van der Waals surface area (Å²) in [6.07, 6.45) is -1.27. The van der Waals surface area contributed by atoms with Gasteiger partial charge in [0, 0.05) is 21.4 Å². The fraction of sp³-hybridized carbons (Fsp3) is 0.391. The maximum atomic E-state index is 14.7. The third kappa shape index (κ3) is 13.3. The summed E-state index contributed by atoms with van der Waals surface area (Å²) in [6, 6.07) is 58.4. The number of ether oxygens (including phenoxy) is 2. The van der Waals surface area contributed by atoms with Crippen molar-refractivity contribution in [2.24, 2.45) is 5.92 Å². The Morgan fingerprint density at radius 1 is 0.625 bits per heavy atom. The number of nitrogens with two attached hydrogens (primary N) is 1. The number of hydrogen-bond acceptors (Lipinski definition) is 9. The van der Waals surface area contributed by atoms with E-state index in [1.807, 2.05) is 123 Å². The first-order chi connectivity index (χ1) is 36.6. The normalized spacial score (nSPS) is 20.5. The Bertz CT molecular complexity index is 2790. The smallest absolute Gasteiger partial charge is 0.693 e. The number of cyclic esters (lactones) is 2. The largest absolute Gasteiger partial charge is 1.00 e. The number of aliphatic hydroxyl groups is 2. The molecule has 8 atom stereocenters. The van der Waals surface area contributed by atoms with Gasteiger partial charge < -0.3 is 44.9 Å². The van der Waals surface area contributed by atoms with Gasteiger partial charge in [-0.05, 0) is 68.6 Å². The van der Waals surface area contributed by atoms with Crippen LogP contribution in [-0.2, 0) is 27.9 Å². The Hall–Kier alpha value is -5.57. The molecule has 12 nitrogen and oxygen atoms in total. The number of benzene rings is 6. The van der Waals surface area contributed by atoms with Crippen LogP contribution in [-0.4, -0.2) is 101 Å². The van der Waals surface area contributed by atoms with E-state index in [4.69, 9.17) is 18.3 Å². The molecule has 8 rings (SSSR count). The number of carbonyl (C=O) groups is 3. The third-order valence-electron chi connectivity index (χ3n) is 16.0. The maximum Gasteiger partial charge on any atom is 1.00 e. The zero-order chi connectivity index (χ0) is 55.8. The molecule has 5 N–H and O–H groups in total. The molecule has 0 aromatic heterocycles. The van der Waals surface area contributed by atoms with Gasteiger partial charge in [0.15, 0.2) is 11.6 Å². The van der Waals surface area contributed by atoms with Crippen molar-refractivity contribution in [1.82, 2.24) is 10.2 Å². The van der Waals surface area contributed by atoms with E-state index in [9.17, 15) is 24.6 Å². The standard InChI is InChI=1S/C39H46N2O5Si.C25H34O4Si.B.Li.H2N/c1-7-32(46-47(38(2,3)4,30-24-16-10-17-25-30)31-26-18-11-19-27-31)39(5)35(40-37(44)45-39)36(43)41(6)33(28-20-12-8-13-21-28)34(42)29-22-14-9-15-23-29;1-6-22(25(5)19(18-26)17-23(27)28-25)29-30(24(2,3)4,20-13-9-7-10-14-20)21-15-11-8-12-16-21;;;/h8-27,32-35,42H,7H2,1-6H3,(H,40,44);7-16,19,22,26H,6,17-18H2,1-5H3;;;1H2/q;;;+1;-1/t32-,33-,34-,35-,39-;19-,22-,25+;;;/m11.../s1. The number of aliphatic hydroxyl groups excluding tert-OH is 2. The molecule has 80 heavy (non-hydrogen) atoms. The van der Waals surface area contributed by atoms with Crippen LogP contribution in [0.3, 0.4) is 0 Å². The van der Waals surface area contributed by atoms with Crippen molar-refractivity contribution >= 4 is 63.8 Å². The molecule has 0 unspecified atom stereocenters. The number of likely N-dealkylation sites (N-methyl/N-ethyl adjacent to an activating group) is 1. The molecular weight excluding hydrogens is 1030 g/mol. The second-order valence-corrected chi connectivity index (χ2v) is 31.4. The van der Waals surface area contributed by atoms with Crippen LogP contribution >= 0.6 is 0 Å². The van der Waals surface area contributed by atoms with E-state index >= 15 is 0 Å². The van der Waals surface area contributed by atoms with E-state index in [-0.39, 0.29) is 80.4 Å². The Morgan fingerprint density at radius 3 is 1.30 bits per heavy atom. The van der Waals surface area contributed by atoms with Crippen molar-refractivity contribution in [3.05, 3.63) is 199 Å². The molecule has 419 valence electrons. The number of amides is 2. The van der Waals surface area contributed by atoms with Crippen LogP contribution < -0.4 is 44.9 Å². The van der Waals surface area contributed by atoms with Gasteiger partial charge in [-0.1, -0.05) is 237 Å². The van der Waals surface area contributed by atoms with Gasteiger partial charge in [0.2, 0.25) is 5.91 Å².